The van der Waals surface area contributed by atoms with Crippen molar-refractivity contribution in [2.24, 2.45) is 0 Å². The van der Waals surface area contributed by atoms with Crippen LogP contribution >= 0.6 is 0 Å². The molecule has 2 aromatic carbocycles. The Bertz CT molecular complexity index is 778. The van der Waals surface area contributed by atoms with Gasteiger partial charge in [-0.15, -0.1) is 0 Å². The monoisotopic (exact) mass is 385 g/mol. The molecule has 0 aliphatic rings. The molecule has 0 aliphatic carbocycles. The number of benzene rings is 2. The van der Waals surface area contributed by atoms with Crippen molar-refractivity contribution in [2.75, 3.05) is 20.8 Å². The molecule has 0 radical (unpaired) electrons. The summed E-state index contributed by atoms with van der Waals surface area (Å²) in [5.41, 5.74) is 2.38. The van der Waals surface area contributed by atoms with Gasteiger partial charge in [0.05, 0.1) is 14.2 Å². The molecule has 0 unspecified atom stereocenters. The number of methoxy groups -OCH3 is 2. The summed E-state index contributed by atoms with van der Waals surface area (Å²) >= 11 is 0. The van der Waals surface area contributed by atoms with Crippen LogP contribution in [0, 0.1) is 0 Å². The molecular formula is C23H31NO4. The van der Waals surface area contributed by atoms with Crippen LogP contribution in [0.15, 0.2) is 42.5 Å². The molecule has 5 nitrogen and oxygen atoms in total. The van der Waals surface area contributed by atoms with Crippen molar-refractivity contribution in [3.8, 4) is 17.2 Å². The van der Waals surface area contributed by atoms with Gasteiger partial charge in [0.1, 0.15) is 5.75 Å². The third-order valence-electron chi connectivity index (χ3n) is 4.56. The molecule has 0 aromatic heterocycles. The van der Waals surface area contributed by atoms with Crippen molar-refractivity contribution in [2.45, 2.75) is 45.6 Å². The number of ether oxygens (including phenoxy) is 3. The first-order valence-electron chi connectivity index (χ1n) is 9.50. The van der Waals surface area contributed by atoms with Crippen LogP contribution in [-0.4, -0.2) is 32.8 Å². The SMILES string of the molecule is COc1ccc(CCNC(=O)[C@@H](C)Oc2ccc(C(C)(C)C)cc2)cc1OC. The topological polar surface area (TPSA) is 56.8 Å². The molecule has 0 aliphatic heterocycles. The molecule has 0 bridgehead atoms. The quantitative estimate of drug-likeness (QED) is 0.742. The van der Waals surface area contributed by atoms with E-state index >= 15 is 0 Å². The van der Waals surface area contributed by atoms with Gasteiger partial charge < -0.3 is 19.5 Å². The summed E-state index contributed by atoms with van der Waals surface area (Å²) < 4.78 is 16.3. The maximum atomic E-state index is 12.3. The number of hydrogen-bond donors (Lipinski definition) is 1. The zero-order chi connectivity index (χ0) is 20.7. The van der Waals surface area contributed by atoms with E-state index in [-0.39, 0.29) is 11.3 Å². The van der Waals surface area contributed by atoms with Crippen LogP contribution in [0.2, 0.25) is 0 Å². The summed E-state index contributed by atoms with van der Waals surface area (Å²) in [5, 5.41) is 2.92. The van der Waals surface area contributed by atoms with Gasteiger partial charge >= 0.3 is 0 Å². The Balaban J connectivity index is 1.84. The molecular weight excluding hydrogens is 354 g/mol. The molecule has 0 heterocycles. The molecule has 2 rings (SSSR count). The number of rotatable bonds is 8. The van der Waals surface area contributed by atoms with Gasteiger partial charge in [0, 0.05) is 6.54 Å². The maximum absolute atomic E-state index is 12.3. The van der Waals surface area contributed by atoms with Crippen molar-refractivity contribution in [1.29, 1.82) is 0 Å². The van der Waals surface area contributed by atoms with Gasteiger partial charge in [-0.2, -0.15) is 0 Å². The van der Waals surface area contributed by atoms with Crippen molar-refractivity contribution >= 4 is 5.91 Å². The highest BCUT2D eigenvalue weighted by molar-refractivity contribution is 5.80. The van der Waals surface area contributed by atoms with E-state index in [1.807, 2.05) is 42.5 Å². The lowest BCUT2D eigenvalue weighted by Gasteiger charge is -2.20. The van der Waals surface area contributed by atoms with Crippen molar-refractivity contribution in [3.05, 3.63) is 53.6 Å². The van der Waals surface area contributed by atoms with Crippen molar-refractivity contribution < 1.29 is 19.0 Å². The minimum atomic E-state index is -0.564. The average Bonchev–Trinajstić information content (AvgIpc) is 2.67. The highest BCUT2D eigenvalue weighted by Gasteiger charge is 2.16. The Morgan fingerprint density at radius 3 is 2.21 bits per heavy atom. The fraction of sp³-hybridized carbons (Fsp3) is 0.435. The Kier molecular flexibility index (Phi) is 7.32. The van der Waals surface area contributed by atoms with E-state index in [4.69, 9.17) is 14.2 Å². The summed E-state index contributed by atoms with van der Waals surface area (Å²) in [6.45, 7) is 8.76. The summed E-state index contributed by atoms with van der Waals surface area (Å²) in [7, 11) is 3.21. The third-order valence-corrected chi connectivity index (χ3v) is 4.56. The highest BCUT2D eigenvalue weighted by atomic mass is 16.5. The summed E-state index contributed by atoms with van der Waals surface area (Å²) in [5.74, 6) is 1.92. The summed E-state index contributed by atoms with van der Waals surface area (Å²) in [6, 6.07) is 13.6. The highest BCUT2D eigenvalue weighted by Crippen LogP contribution is 2.27. The Morgan fingerprint density at radius 1 is 1.00 bits per heavy atom. The Hall–Kier alpha value is -2.69. The fourth-order valence-corrected chi connectivity index (χ4v) is 2.80. The van der Waals surface area contributed by atoms with Gasteiger partial charge in [0.2, 0.25) is 0 Å². The first-order chi connectivity index (χ1) is 13.2. The molecule has 0 spiro atoms. The molecule has 1 atom stereocenters. The molecule has 2 aromatic rings. The van der Waals surface area contributed by atoms with Crippen LogP contribution in [0.4, 0.5) is 0 Å². The second-order valence-electron chi connectivity index (χ2n) is 7.76. The van der Waals surface area contributed by atoms with E-state index in [9.17, 15) is 4.79 Å². The van der Waals surface area contributed by atoms with Crippen LogP contribution in [-0.2, 0) is 16.6 Å². The average molecular weight is 386 g/mol. The Morgan fingerprint density at radius 2 is 1.64 bits per heavy atom. The number of carbonyl (C=O) groups is 1. The largest absolute Gasteiger partial charge is 0.493 e. The van der Waals surface area contributed by atoms with Crippen LogP contribution in [0.25, 0.3) is 0 Å². The number of amides is 1. The first-order valence-corrected chi connectivity index (χ1v) is 9.50. The second kappa shape index (κ2) is 9.49. The molecule has 1 N–H and O–H groups in total. The smallest absolute Gasteiger partial charge is 0.260 e. The lowest BCUT2D eigenvalue weighted by Crippen LogP contribution is -2.37. The first kappa shape index (κ1) is 21.6. The van der Waals surface area contributed by atoms with E-state index in [0.717, 1.165) is 5.56 Å². The van der Waals surface area contributed by atoms with Crippen molar-refractivity contribution in [1.82, 2.24) is 5.32 Å². The van der Waals surface area contributed by atoms with Gasteiger partial charge in [0.25, 0.3) is 5.91 Å². The second-order valence-corrected chi connectivity index (χ2v) is 7.76. The van der Waals surface area contributed by atoms with E-state index < -0.39 is 6.10 Å². The normalized spacial score (nSPS) is 12.2. The lowest BCUT2D eigenvalue weighted by molar-refractivity contribution is -0.127. The van der Waals surface area contributed by atoms with Crippen LogP contribution < -0.4 is 19.5 Å². The van der Waals surface area contributed by atoms with Crippen LogP contribution in [0.3, 0.4) is 0 Å². The third kappa shape index (κ3) is 5.91. The molecule has 28 heavy (non-hydrogen) atoms. The van der Waals surface area contributed by atoms with Gasteiger partial charge in [0.15, 0.2) is 17.6 Å². The molecule has 0 saturated heterocycles. The van der Waals surface area contributed by atoms with E-state index in [1.165, 1.54) is 5.56 Å². The molecule has 5 heteroatoms. The Labute approximate surface area is 168 Å². The maximum Gasteiger partial charge on any atom is 0.260 e. The van der Waals surface area contributed by atoms with Gasteiger partial charge in [-0.25, -0.2) is 0 Å². The zero-order valence-electron chi connectivity index (χ0n) is 17.7. The zero-order valence-corrected chi connectivity index (χ0v) is 17.7. The predicted octanol–water partition coefficient (Wildman–Crippen LogP) is 4.13. The number of hydrogen-bond acceptors (Lipinski definition) is 4. The lowest BCUT2D eigenvalue weighted by atomic mass is 9.87. The molecule has 152 valence electrons. The minimum absolute atomic E-state index is 0.0889. The van der Waals surface area contributed by atoms with Gasteiger partial charge in [-0.3, -0.25) is 4.79 Å². The molecule has 1 amide bonds. The van der Waals surface area contributed by atoms with Gasteiger partial charge in [-0.1, -0.05) is 39.0 Å². The fourth-order valence-electron chi connectivity index (χ4n) is 2.80. The van der Waals surface area contributed by atoms with E-state index in [1.54, 1.807) is 21.1 Å². The van der Waals surface area contributed by atoms with Gasteiger partial charge in [-0.05, 0) is 54.2 Å². The molecule has 0 fully saturated rings. The number of nitrogens with one attached hydrogen (secondary N) is 1. The summed E-state index contributed by atoms with van der Waals surface area (Å²) in [6.07, 6.45) is 0.130. The molecule has 0 saturated carbocycles. The van der Waals surface area contributed by atoms with Crippen LogP contribution in [0.5, 0.6) is 17.2 Å². The standard InChI is InChI=1S/C23H31NO4/c1-16(28-19-10-8-18(9-11-19)23(2,3)4)22(25)24-14-13-17-7-12-20(26-5)21(15-17)27-6/h7-12,15-16H,13-14H2,1-6H3,(H,24,25)/t16-/m1/s1. The minimum Gasteiger partial charge on any atom is -0.493 e. The van der Waals surface area contributed by atoms with Crippen LogP contribution in [0.1, 0.15) is 38.8 Å². The van der Waals surface area contributed by atoms with E-state index in [0.29, 0.717) is 30.2 Å². The van der Waals surface area contributed by atoms with E-state index in [2.05, 4.69) is 26.1 Å². The summed E-state index contributed by atoms with van der Waals surface area (Å²) in [4.78, 5) is 12.3. The predicted molar refractivity (Wildman–Crippen MR) is 111 cm³/mol. The van der Waals surface area contributed by atoms with Crippen molar-refractivity contribution in [3.63, 3.8) is 0 Å². The number of carbonyl (C=O) groups excluding carboxylic acids is 1.